The summed E-state index contributed by atoms with van der Waals surface area (Å²) in [6.07, 6.45) is 2.54. The molecule has 0 saturated carbocycles. The van der Waals surface area contributed by atoms with E-state index in [1.165, 1.54) is 5.56 Å². The average molecular weight is 272 g/mol. The van der Waals surface area contributed by atoms with Gasteiger partial charge in [0.25, 0.3) is 0 Å². The fourth-order valence-corrected chi connectivity index (χ4v) is 1.90. The summed E-state index contributed by atoms with van der Waals surface area (Å²) >= 11 is 5.83. The Morgan fingerprint density at radius 3 is 2.63 bits per heavy atom. The summed E-state index contributed by atoms with van der Waals surface area (Å²) in [4.78, 5) is 4.18. The minimum atomic E-state index is -0.367. The molecule has 1 aromatic heterocycles. The Morgan fingerprint density at radius 2 is 2.00 bits per heavy atom. The third kappa shape index (κ3) is 4.06. The Kier molecular flexibility index (Phi) is 4.91. The zero-order valence-corrected chi connectivity index (χ0v) is 11.1. The van der Waals surface area contributed by atoms with Crippen molar-refractivity contribution in [3.8, 4) is 6.07 Å². The van der Waals surface area contributed by atoms with Crippen LogP contribution >= 0.6 is 11.6 Å². The molecule has 2 aromatic rings. The van der Waals surface area contributed by atoms with Gasteiger partial charge in [0.15, 0.2) is 0 Å². The van der Waals surface area contributed by atoms with Gasteiger partial charge in [-0.2, -0.15) is 5.26 Å². The SMILES string of the molecule is N#CC(NCCc1ccc(Cl)cc1)c1ccccn1. The van der Waals surface area contributed by atoms with Gasteiger partial charge >= 0.3 is 0 Å². The molecule has 2 rings (SSSR count). The second kappa shape index (κ2) is 6.89. The Labute approximate surface area is 117 Å². The number of pyridine rings is 1. The average Bonchev–Trinajstić information content (AvgIpc) is 2.46. The molecule has 96 valence electrons. The second-order valence-corrected chi connectivity index (χ2v) is 4.58. The third-order valence-corrected chi connectivity index (χ3v) is 3.04. The number of hydrogen-bond acceptors (Lipinski definition) is 3. The highest BCUT2D eigenvalue weighted by Crippen LogP contribution is 2.11. The molecule has 1 aromatic carbocycles. The fourth-order valence-electron chi connectivity index (χ4n) is 1.77. The van der Waals surface area contributed by atoms with Gasteiger partial charge in [-0.15, -0.1) is 0 Å². The molecule has 0 aliphatic rings. The molecular formula is C15H14ClN3. The summed E-state index contributed by atoms with van der Waals surface area (Å²) in [6.45, 7) is 0.719. The van der Waals surface area contributed by atoms with Crippen LogP contribution in [0.3, 0.4) is 0 Å². The summed E-state index contributed by atoms with van der Waals surface area (Å²) in [7, 11) is 0. The van der Waals surface area contributed by atoms with E-state index < -0.39 is 0 Å². The van der Waals surface area contributed by atoms with E-state index in [9.17, 15) is 0 Å². The predicted molar refractivity (Wildman–Crippen MR) is 75.7 cm³/mol. The standard InChI is InChI=1S/C15H14ClN3/c16-13-6-4-12(5-7-13)8-10-19-15(11-17)14-3-1-2-9-18-14/h1-7,9,15,19H,8,10H2. The van der Waals surface area contributed by atoms with Crippen molar-refractivity contribution in [2.75, 3.05) is 6.54 Å². The van der Waals surface area contributed by atoms with E-state index >= 15 is 0 Å². The highest BCUT2D eigenvalue weighted by molar-refractivity contribution is 6.30. The quantitative estimate of drug-likeness (QED) is 0.909. The normalized spacial score (nSPS) is 11.8. The van der Waals surface area contributed by atoms with E-state index in [1.54, 1.807) is 6.20 Å². The lowest BCUT2D eigenvalue weighted by atomic mass is 10.1. The van der Waals surface area contributed by atoms with Crippen LogP contribution < -0.4 is 5.32 Å². The number of aromatic nitrogens is 1. The maximum Gasteiger partial charge on any atom is 0.138 e. The first kappa shape index (κ1) is 13.5. The minimum absolute atomic E-state index is 0.367. The van der Waals surface area contributed by atoms with Crippen LogP contribution in [-0.4, -0.2) is 11.5 Å². The summed E-state index contributed by atoms with van der Waals surface area (Å²) in [6, 6.07) is 15.2. The molecule has 1 N–H and O–H groups in total. The van der Waals surface area contributed by atoms with E-state index in [2.05, 4.69) is 16.4 Å². The van der Waals surface area contributed by atoms with Crippen LogP contribution in [-0.2, 0) is 6.42 Å². The lowest BCUT2D eigenvalue weighted by molar-refractivity contribution is 0.617. The third-order valence-electron chi connectivity index (χ3n) is 2.79. The molecule has 0 bridgehead atoms. The molecule has 0 fully saturated rings. The van der Waals surface area contributed by atoms with Crippen LogP contribution in [0.25, 0.3) is 0 Å². The summed E-state index contributed by atoms with van der Waals surface area (Å²) < 4.78 is 0. The number of nitriles is 1. The minimum Gasteiger partial charge on any atom is -0.297 e. The fraction of sp³-hybridized carbons (Fsp3) is 0.200. The number of nitrogens with one attached hydrogen (secondary N) is 1. The van der Waals surface area contributed by atoms with Crippen molar-refractivity contribution in [3.63, 3.8) is 0 Å². The Balaban J connectivity index is 1.88. The molecule has 0 spiro atoms. The molecule has 19 heavy (non-hydrogen) atoms. The number of nitrogens with zero attached hydrogens (tertiary/aromatic N) is 2. The van der Waals surface area contributed by atoms with Gasteiger partial charge < -0.3 is 0 Å². The van der Waals surface area contributed by atoms with E-state index in [1.807, 2.05) is 42.5 Å². The molecule has 1 atom stereocenters. The number of rotatable bonds is 5. The number of benzene rings is 1. The van der Waals surface area contributed by atoms with Gasteiger partial charge in [0.2, 0.25) is 0 Å². The molecule has 1 heterocycles. The Morgan fingerprint density at radius 1 is 1.21 bits per heavy atom. The van der Waals surface area contributed by atoms with Gasteiger partial charge in [0.1, 0.15) is 6.04 Å². The van der Waals surface area contributed by atoms with Gasteiger partial charge in [-0.1, -0.05) is 29.8 Å². The zero-order valence-electron chi connectivity index (χ0n) is 10.4. The lowest BCUT2D eigenvalue weighted by Crippen LogP contribution is -2.23. The number of hydrogen-bond donors (Lipinski definition) is 1. The zero-order chi connectivity index (χ0) is 13.5. The highest BCUT2D eigenvalue weighted by Gasteiger charge is 2.09. The van der Waals surface area contributed by atoms with E-state index in [4.69, 9.17) is 16.9 Å². The smallest absolute Gasteiger partial charge is 0.138 e. The second-order valence-electron chi connectivity index (χ2n) is 4.15. The number of halogens is 1. The Hall–Kier alpha value is -1.89. The summed E-state index contributed by atoms with van der Waals surface area (Å²) in [5, 5.41) is 13.1. The molecular weight excluding hydrogens is 258 g/mol. The lowest BCUT2D eigenvalue weighted by Gasteiger charge is -2.10. The van der Waals surface area contributed by atoms with Crippen molar-refractivity contribution in [1.82, 2.24) is 10.3 Å². The predicted octanol–water partition coefficient (Wildman–Crippen LogP) is 3.13. The van der Waals surface area contributed by atoms with Gasteiger partial charge in [0.05, 0.1) is 11.8 Å². The molecule has 4 heteroatoms. The van der Waals surface area contributed by atoms with Gasteiger partial charge in [-0.25, -0.2) is 0 Å². The topological polar surface area (TPSA) is 48.7 Å². The first-order valence-electron chi connectivity index (χ1n) is 6.08. The monoisotopic (exact) mass is 271 g/mol. The van der Waals surface area contributed by atoms with Crippen LogP contribution in [0, 0.1) is 11.3 Å². The van der Waals surface area contributed by atoms with Crippen molar-refractivity contribution in [3.05, 3.63) is 64.9 Å². The first-order valence-corrected chi connectivity index (χ1v) is 6.46. The maximum absolute atomic E-state index is 9.14. The van der Waals surface area contributed by atoms with Gasteiger partial charge in [-0.3, -0.25) is 10.3 Å². The molecule has 0 aliphatic heterocycles. The molecule has 3 nitrogen and oxygen atoms in total. The van der Waals surface area contributed by atoms with Crippen LogP contribution in [0.4, 0.5) is 0 Å². The van der Waals surface area contributed by atoms with Crippen molar-refractivity contribution < 1.29 is 0 Å². The molecule has 0 saturated heterocycles. The Bertz CT molecular complexity index is 546. The van der Waals surface area contributed by atoms with E-state index in [-0.39, 0.29) is 6.04 Å². The van der Waals surface area contributed by atoms with Crippen LogP contribution in [0.1, 0.15) is 17.3 Å². The van der Waals surface area contributed by atoms with E-state index in [0.717, 1.165) is 23.7 Å². The van der Waals surface area contributed by atoms with Crippen LogP contribution in [0.5, 0.6) is 0 Å². The van der Waals surface area contributed by atoms with E-state index in [0.29, 0.717) is 0 Å². The van der Waals surface area contributed by atoms with Gasteiger partial charge in [-0.05, 0) is 36.2 Å². The van der Waals surface area contributed by atoms with Crippen molar-refractivity contribution in [2.45, 2.75) is 12.5 Å². The maximum atomic E-state index is 9.14. The van der Waals surface area contributed by atoms with Crippen molar-refractivity contribution >= 4 is 11.6 Å². The van der Waals surface area contributed by atoms with Crippen LogP contribution in [0.2, 0.25) is 5.02 Å². The molecule has 0 aliphatic carbocycles. The first-order chi connectivity index (χ1) is 9.29. The largest absolute Gasteiger partial charge is 0.297 e. The molecule has 1 unspecified atom stereocenters. The van der Waals surface area contributed by atoms with Gasteiger partial charge in [0, 0.05) is 17.8 Å². The summed E-state index contributed by atoms with van der Waals surface area (Å²) in [5.41, 5.74) is 1.94. The van der Waals surface area contributed by atoms with Crippen LogP contribution in [0.15, 0.2) is 48.7 Å². The molecule has 0 amide bonds. The molecule has 0 radical (unpaired) electrons. The van der Waals surface area contributed by atoms with Crippen molar-refractivity contribution in [2.24, 2.45) is 0 Å². The highest BCUT2D eigenvalue weighted by atomic mass is 35.5. The van der Waals surface area contributed by atoms with Crippen molar-refractivity contribution in [1.29, 1.82) is 5.26 Å². The summed E-state index contributed by atoms with van der Waals surface area (Å²) in [5.74, 6) is 0.